The van der Waals surface area contributed by atoms with E-state index in [1.54, 1.807) is 6.20 Å². The van der Waals surface area contributed by atoms with Gasteiger partial charge in [-0.1, -0.05) is 49.4 Å². The number of rotatable bonds is 5. The van der Waals surface area contributed by atoms with E-state index in [0.717, 1.165) is 43.6 Å². The van der Waals surface area contributed by atoms with Crippen LogP contribution >= 0.6 is 0 Å². The summed E-state index contributed by atoms with van der Waals surface area (Å²) in [7, 11) is 0. The Bertz CT molecular complexity index is 1090. The van der Waals surface area contributed by atoms with Crippen molar-refractivity contribution in [3.05, 3.63) is 66.4 Å². The molecule has 5 nitrogen and oxygen atoms in total. The lowest BCUT2D eigenvalue weighted by Gasteiger charge is -2.33. The summed E-state index contributed by atoms with van der Waals surface area (Å²) in [5.74, 6) is 0.769. The van der Waals surface area contributed by atoms with Crippen molar-refractivity contribution < 1.29 is 18.0 Å². The molecule has 0 bridgehead atoms. The first-order chi connectivity index (χ1) is 15.8. The molecule has 3 aromatic rings. The van der Waals surface area contributed by atoms with Crippen LogP contribution < -0.4 is 10.2 Å². The fraction of sp³-hybridized carbons (Fsp3) is 0.320. The molecule has 1 aliphatic rings. The molecule has 0 radical (unpaired) electrons. The number of nitrogens with zero attached hydrogens (tertiary/aromatic N) is 3. The Labute approximate surface area is 190 Å². The van der Waals surface area contributed by atoms with Crippen molar-refractivity contribution in [1.29, 1.82) is 0 Å². The van der Waals surface area contributed by atoms with Crippen molar-refractivity contribution >= 4 is 11.7 Å². The van der Waals surface area contributed by atoms with Gasteiger partial charge in [0.05, 0.1) is 23.1 Å². The monoisotopic (exact) mass is 454 g/mol. The SMILES string of the molecule is CCC(=O)NC1CCN(c2cnc(-c3ccc(C(F)(F)F)cc3)c(-c3ccccc3)n2)CC1. The molecule has 1 aliphatic heterocycles. The van der Waals surface area contributed by atoms with Crippen molar-refractivity contribution in [2.45, 2.75) is 38.4 Å². The lowest BCUT2D eigenvalue weighted by molar-refractivity contribution is -0.137. The van der Waals surface area contributed by atoms with Gasteiger partial charge in [0.25, 0.3) is 0 Å². The number of hydrogen-bond donors (Lipinski definition) is 1. The smallest absolute Gasteiger partial charge is 0.355 e. The number of hydrogen-bond acceptors (Lipinski definition) is 4. The van der Waals surface area contributed by atoms with Crippen LogP contribution in [0.3, 0.4) is 0 Å². The average Bonchev–Trinajstić information content (AvgIpc) is 2.84. The van der Waals surface area contributed by atoms with Gasteiger partial charge in [-0.15, -0.1) is 0 Å². The number of carbonyl (C=O) groups is 1. The van der Waals surface area contributed by atoms with E-state index in [0.29, 0.717) is 29.2 Å². The first-order valence-electron chi connectivity index (χ1n) is 11.0. The van der Waals surface area contributed by atoms with E-state index < -0.39 is 11.7 Å². The first kappa shape index (κ1) is 22.8. The maximum absolute atomic E-state index is 13.0. The third kappa shape index (κ3) is 5.32. The zero-order valence-electron chi connectivity index (χ0n) is 18.3. The van der Waals surface area contributed by atoms with Gasteiger partial charge in [0.2, 0.25) is 5.91 Å². The van der Waals surface area contributed by atoms with Crippen molar-refractivity contribution in [2.75, 3.05) is 18.0 Å². The summed E-state index contributed by atoms with van der Waals surface area (Å²) in [6.45, 7) is 3.30. The van der Waals surface area contributed by atoms with Gasteiger partial charge in [0.1, 0.15) is 5.82 Å². The van der Waals surface area contributed by atoms with Crippen LogP contribution in [0.1, 0.15) is 31.7 Å². The summed E-state index contributed by atoms with van der Waals surface area (Å²) < 4.78 is 39.0. The highest BCUT2D eigenvalue weighted by Gasteiger charge is 2.30. The second-order valence-electron chi connectivity index (χ2n) is 8.05. The van der Waals surface area contributed by atoms with Gasteiger partial charge in [-0.3, -0.25) is 9.78 Å². The molecule has 0 aliphatic carbocycles. The summed E-state index contributed by atoms with van der Waals surface area (Å²) >= 11 is 0. The first-order valence-corrected chi connectivity index (χ1v) is 11.0. The van der Waals surface area contributed by atoms with E-state index >= 15 is 0 Å². The highest BCUT2D eigenvalue weighted by Crippen LogP contribution is 2.34. The number of benzene rings is 2. The maximum atomic E-state index is 13.0. The van der Waals surface area contributed by atoms with E-state index in [1.165, 1.54) is 12.1 Å². The number of alkyl halides is 3. The molecule has 0 unspecified atom stereocenters. The van der Waals surface area contributed by atoms with E-state index in [2.05, 4.69) is 15.2 Å². The Balaban J connectivity index is 1.63. The number of aromatic nitrogens is 2. The quantitative estimate of drug-likeness (QED) is 0.567. The van der Waals surface area contributed by atoms with Gasteiger partial charge in [0, 0.05) is 36.7 Å². The van der Waals surface area contributed by atoms with E-state index in [-0.39, 0.29) is 11.9 Å². The molecule has 4 rings (SSSR count). The van der Waals surface area contributed by atoms with Crippen molar-refractivity contribution in [2.24, 2.45) is 0 Å². The fourth-order valence-electron chi connectivity index (χ4n) is 3.94. The fourth-order valence-corrected chi connectivity index (χ4v) is 3.94. The molecule has 0 saturated carbocycles. The molecular weight excluding hydrogens is 429 g/mol. The third-order valence-corrected chi connectivity index (χ3v) is 5.80. The second kappa shape index (κ2) is 9.60. The molecule has 2 aromatic carbocycles. The molecule has 2 heterocycles. The van der Waals surface area contributed by atoms with Gasteiger partial charge in [-0.05, 0) is 25.0 Å². The normalized spacial score (nSPS) is 14.8. The van der Waals surface area contributed by atoms with Crippen LogP contribution in [0.15, 0.2) is 60.8 Å². The molecular formula is C25H25F3N4O. The molecule has 172 valence electrons. The summed E-state index contributed by atoms with van der Waals surface area (Å²) in [6.07, 6.45) is -0.621. The largest absolute Gasteiger partial charge is 0.416 e. The summed E-state index contributed by atoms with van der Waals surface area (Å²) in [5, 5.41) is 3.04. The minimum Gasteiger partial charge on any atom is -0.355 e. The zero-order chi connectivity index (χ0) is 23.4. The molecule has 8 heteroatoms. The standard InChI is InChI=1S/C25H25F3N4O/c1-2-22(33)30-20-12-14-32(15-13-20)21-16-29-23(24(31-21)17-6-4-3-5-7-17)18-8-10-19(11-9-18)25(26,27)28/h3-11,16,20H,2,12-15H2,1H3,(H,30,33). The molecule has 33 heavy (non-hydrogen) atoms. The molecule has 1 fully saturated rings. The van der Waals surface area contributed by atoms with Crippen LogP contribution in [0.25, 0.3) is 22.5 Å². The Morgan fingerprint density at radius 2 is 1.64 bits per heavy atom. The minimum absolute atomic E-state index is 0.0560. The molecule has 1 saturated heterocycles. The van der Waals surface area contributed by atoms with Crippen LogP contribution in [0.2, 0.25) is 0 Å². The Kier molecular flexibility index (Phi) is 6.62. The van der Waals surface area contributed by atoms with E-state index in [1.807, 2.05) is 37.3 Å². The van der Waals surface area contributed by atoms with Gasteiger partial charge in [-0.25, -0.2) is 4.98 Å². The number of carbonyl (C=O) groups excluding carboxylic acids is 1. The number of halogens is 3. The highest BCUT2D eigenvalue weighted by molar-refractivity contribution is 5.79. The second-order valence-corrected chi connectivity index (χ2v) is 8.05. The number of anilines is 1. The average molecular weight is 454 g/mol. The zero-order valence-corrected chi connectivity index (χ0v) is 18.3. The van der Waals surface area contributed by atoms with Crippen molar-refractivity contribution in [3.63, 3.8) is 0 Å². The Hall–Kier alpha value is -3.42. The van der Waals surface area contributed by atoms with Crippen LogP contribution in [0.5, 0.6) is 0 Å². The number of nitrogens with one attached hydrogen (secondary N) is 1. The van der Waals surface area contributed by atoms with E-state index in [9.17, 15) is 18.0 Å². The lowest BCUT2D eigenvalue weighted by Crippen LogP contribution is -2.44. The molecule has 1 aromatic heterocycles. The molecule has 1 amide bonds. The lowest BCUT2D eigenvalue weighted by atomic mass is 10.0. The maximum Gasteiger partial charge on any atom is 0.416 e. The summed E-state index contributed by atoms with van der Waals surface area (Å²) in [6, 6.07) is 14.6. The molecule has 1 N–H and O–H groups in total. The predicted molar refractivity (Wildman–Crippen MR) is 122 cm³/mol. The summed E-state index contributed by atoms with van der Waals surface area (Å²) in [4.78, 5) is 23.3. The van der Waals surface area contributed by atoms with Crippen LogP contribution in [0, 0.1) is 0 Å². The number of piperidine rings is 1. The van der Waals surface area contributed by atoms with Crippen LogP contribution in [-0.4, -0.2) is 35.0 Å². The van der Waals surface area contributed by atoms with Crippen molar-refractivity contribution in [1.82, 2.24) is 15.3 Å². The van der Waals surface area contributed by atoms with Gasteiger partial charge in [0.15, 0.2) is 0 Å². The Morgan fingerprint density at radius 3 is 2.24 bits per heavy atom. The van der Waals surface area contributed by atoms with Crippen LogP contribution in [-0.2, 0) is 11.0 Å². The van der Waals surface area contributed by atoms with Gasteiger partial charge < -0.3 is 10.2 Å². The van der Waals surface area contributed by atoms with E-state index in [4.69, 9.17) is 4.98 Å². The Morgan fingerprint density at radius 1 is 1.00 bits per heavy atom. The minimum atomic E-state index is -4.39. The van der Waals surface area contributed by atoms with Gasteiger partial charge in [-0.2, -0.15) is 13.2 Å². The molecule has 0 spiro atoms. The molecule has 0 atom stereocenters. The predicted octanol–water partition coefficient (Wildman–Crippen LogP) is 5.32. The highest BCUT2D eigenvalue weighted by atomic mass is 19.4. The number of amides is 1. The van der Waals surface area contributed by atoms with Crippen molar-refractivity contribution in [3.8, 4) is 22.5 Å². The van der Waals surface area contributed by atoms with Gasteiger partial charge >= 0.3 is 6.18 Å². The topological polar surface area (TPSA) is 58.1 Å². The van der Waals surface area contributed by atoms with Crippen LogP contribution in [0.4, 0.5) is 19.0 Å². The third-order valence-electron chi connectivity index (χ3n) is 5.80. The summed E-state index contributed by atoms with van der Waals surface area (Å²) in [5.41, 5.74) is 1.86.